The van der Waals surface area contributed by atoms with E-state index in [1.807, 2.05) is 55.4 Å². The van der Waals surface area contributed by atoms with Crippen molar-refractivity contribution in [1.82, 2.24) is 20.6 Å². The lowest BCUT2D eigenvalue weighted by Gasteiger charge is -2.62. The van der Waals surface area contributed by atoms with Gasteiger partial charge in [-0.15, -0.1) is 0 Å². The van der Waals surface area contributed by atoms with Crippen LogP contribution in [0.1, 0.15) is 62.9 Å². The number of ether oxygens (including phenoxy) is 1. The molecule has 0 spiro atoms. The predicted molar refractivity (Wildman–Crippen MR) is 194 cm³/mol. The molecule has 11 nitrogen and oxygen atoms in total. The molecule has 3 saturated carbocycles. The van der Waals surface area contributed by atoms with Gasteiger partial charge in [-0.05, 0) is 86.7 Å². The number of amides is 2. The maximum Gasteiger partial charge on any atom is 0.251 e. The van der Waals surface area contributed by atoms with E-state index in [0.717, 1.165) is 48.3 Å². The number of aliphatic hydroxyl groups excluding tert-OH is 2. The van der Waals surface area contributed by atoms with Crippen LogP contribution in [-0.2, 0) is 16.2 Å². The number of likely N-dealkylation sites (N-methyl/N-ethyl adjacent to an activating group) is 1. The number of likely N-dealkylation sites (tertiary alicyclic amines) is 1. The first-order chi connectivity index (χ1) is 23.7. The van der Waals surface area contributed by atoms with Gasteiger partial charge in [-0.1, -0.05) is 39.0 Å². The van der Waals surface area contributed by atoms with Crippen molar-refractivity contribution < 1.29 is 29.4 Å². The van der Waals surface area contributed by atoms with Crippen molar-refractivity contribution in [3.8, 4) is 16.9 Å². The zero-order valence-corrected chi connectivity index (χ0v) is 30.8. The van der Waals surface area contributed by atoms with Crippen LogP contribution in [0.25, 0.3) is 11.1 Å². The molecule has 2 bridgehead atoms. The number of hydrogen-bond acceptors (Lipinski definition) is 9. The molecule has 50 heavy (non-hydrogen) atoms. The van der Waals surface area contributed by atoms with E-state index < -0.39 is 12.1 Å². The molecule has 4 N–H and O–H groups in total. The Morgan fingerprint density at radius 3 is 2.50 bits per heavy atom. The summed E-state index contributed by atoms with van der Waals surface area (Å²) in [6.45, 7) is 9.96. The highest BCUT2D eigenvalue weighted by Crippen LogP contribution is 2.61. The molecule has 0 radical (unpaired) electrons. The predicted octanol–water partition coefficient (Wildman–Crippen LogP) is 4.36. The zero-order valence-electron chi connectivity index (χ0n) is 30.8. The monoisotopic (exact) mass is 689 g/mol. The Labute approximate surface area is 296 Å². The largest absolute Gasteiger partial charge is 0.512 e. The molecule has 2 aromatic carbocycles. The fourth-order valence-electron chi connectivity index (χ4n) is 9.00. The van der Waals surface area contributed by atoms with E-state index >= 15 is 0 Å². The van der Waals surface area contributed by atoms with E-state index in [1.54, 1.807) is 12.2 Å². The van der Waals surface area contributed by atoms with E-state index in [-0.39, 0.29) is 48.2 Å². The van der Waals surface area contributed by atoms with Gasteiger partial charge < -0.3 is 35.4 Å². The number of fused-ring (bicyclic) bond motifs is 2. The second-order valence-electron chi connectivity index (χ2n) is 15.7. The Balaban J connectivity index is 1.29. The van der Waals surface area contributed by atoms with Crippen molar-refractivity contribution in [1.29, 1.82) is 0 Å². The van der Waals surface area contributed by atoms with E-state index in [1.165, 1.54) is 13.3 Å². The van der Waals surface area contributed by atoms with Gasteiger partial charge in [-0.2, -0.15) is 5.06 Å². The Hall–Kier alpha value is -3.64. The Bertz CT molecular complexity index is 1640. The second-order valence-corrected chi connectivity index (χ2v) is 15.7. The number of carbonyl (C=O) groups is 2. The lowest BCUT2D eigenvalue weighted by atomic mass is 9.45. The quantitative estimate of drug-likeness (QED) is 0.269. The minimum Gasteiger partial charge on any atom is -0.512 e. The van der Waals surface area contributed by atoms with Crippen LogP contribution in [0.5, 0.6) is 5.75 Å². The number of carbonyl (C=O) groups excluding carboxylic acids is 2. The molecule has 2 aliphatic heterocycles. The first-order valence-corrected chi connectivity index (χ1v) is 18.0. The third kappa shape index (κ3) is 6.73. The van der Waals surface area contributed by atoms with Gasteiger partial charge in [-0.25, -0.2) is 0 Å². The number of anilines is 1. The Morgan fingerprint density at radius 1 is 1.14 bits per heavy atom. The summed E-state index contributed by atoms with van der Waals surface area (Å²) in [5.41, 5.74) is 4.42. The van der Waals surface area contributed by atoms with Gasteiger partial charge in [0.2, 0.25) is 5.91 Å². The molecular weight excluding hydrogens is 634 g/mol. The average molecular weight is 690 g/mol. The van der Waals surface area contributed by atoms with Crippen LogP contribution in [-0.4, -0.2) is 104 Å². The summed E-state index contributed by atoms with van der Waals surface area (Å²) in [5, 5.41) is 29.1. The van der Waals surface area contributed by atoms with E-state index in [4.69, 9.17) is 9.57 Å². The Morgan fingerprint density at radius 2 is 1.90 bits per heavy atom. The average Bonchev–Trinajstić information content (AvgIpc) is 3.67. The zero-order chi connectivity index (χ0) is 36.1. The summed E-state index contributed by atoms with van der Waals surface area (Å²) in [6, 6.07) is 10.8. The fraction of sp³-hybridized carbons (Fsp3) is 0.590. The molecule has 2 amide bonds. The molecule has 7 atom stereocenters. The number of rotatable bonds is 10. The number of para-hydroxylation sites is 1. The summed E-state index contributed by atoms with van der Waals surface area (Å²) >= 11 is 0. The van der Waals surface area contributed by atoms with Crippen LogP contribution in [0.4, 0.5) is 5.69 Å². The highest BCUT2D eigenvalue weighted by atomic mass is 16.7. The number of nitrogens with one attached hydrogen (secondary N) is 2. The molecule has 0 aromatic heterocycles. The molecule has 5 fully saturated rings. The number of methoxy groups -OCH3 is 1. The van der Waals surface area contributed by atoms with Crippen molar-refractivity contribution in [3.63, 3.8) is 0 Å². The first kappa shape index (κ1) is 36.2. The van der Waals surface area contributed by atoms with E-state index in [2.05, 4.69) is 43.4 Å². The van der Waals surface area contributed by atoms with E-state index in [0.29, 0.717) is 34.6 Å². The molecule has 3 aliphatic carbocycles. The van der Waals surface area contributed by atoms with Gasteiger partial charge in [-0.3, -0.25) is 14.4 Å². The number of allylic oxidation sites excluding steroid dienone is 1. The summed E-state index contributed by atoms with van der Waals surface area (Å²) in [4.78, 5) is 38.0. The third-order valence-electron chi connectivity index (χ3n) is 12.1. The van der Waals surface area contributed by atoms with Gasteiger partial charge in [0, 0.05) is 60.7 Å². The number of benzene rings is 2. The lowest BCUT2D eigenvalue weighted by molar-refractivity contribution is -0.182. The molecule has 5 aliphatic rings. The highest BCUT2D eigenvalue weighted by molar-refractivity contribution is 5.97. The highest BCUT2D eigenvalue weighted by Gasteiger charge is 2.57. The first-order valence-electron chi connectivity index (χ1n) is 18.0. The van der Waals surface area contributed by atoms with Crippen molar-refractivity contribution in [3.05, 3.63) is 58.9 Å². The maximum absolute atomic E-state index is 14.2. The Kier molecular flexibility index (Phi) is 10.2. The number of aliphatic hydroxyl groups is 2. The van der Waals surface area contributed by atoms with Gasteiger partial charge in [0.25, 0.3) is 5.91 Å². The molecule has 2 heterocycles. The SMILES string of the molecule is COc1c(CN2O[C@@H](CO)/C(=C(/C)O)[C@H]2C(=O)N[C@H]2C[C@H]3C[C@@H]([C@@H]2C)C3(C)C)cccc1-c1cc(C(=O)N[C@@H]2CCN(C)C2)cc(N(C)C)c1. The summed E-state index contributed by atoms with van der Waals surface area (Å²) in [7, 11) is 7.55. The summed E-state index contributed by atoms with van der Waals surface area (Å²) < 4.78 is 6.04. The van der Waals surface area contributed by atoms with Gasteiger partial charge in [0.1, 0.15) is 17.9 Å². The molecule has 0 unspecified atom stereocenters. The minimum atomic E-state index is -0.939. The molecular formula is C39H55N5O6. The normalized spacial score (nSPS) is 30.1. The van der Waals surface area contributed by atoms with Crippen LogP contribution in [0.3, 0.4) is 0 Å². The van der Waals surface area contributed by atoms with Crippen LogP contribution < -0.4 is 20.3 Å². The van der Waals surface area contributed by atoms with E-state index in [9.17, 15) is 19.8 Å². The lowest BCUT2D eigenvalue weighted by Crippen LogP contribution is -2.62. The standard InChI is InChI=1S/C39H55N5O6/c1-22-31-17-27(39(31,3)4)18-32(22)41-38(48)35-34(23(2)46)33(21-45)50-44(35)19-24-10-9-11-30(36(24)49-8)25-14-26(16-29(15-25)42(5)6)37(47)40-28-12-13-43(7)20-28/h9-11,14-16,22,27-28,31-33,35,45-46H,12-13,17-21H2,1-8H3,(H,40,47)(H,41,48)/b34-23+/t22-,27+,28+,31-,32-,33-,35-/m0/s1. The van der Waals surface area contributed by atoms with Gasteiger partial charge in [0.05, 0.1) is 26.0 Å². The summed E-state index contributed by atoms with van der Waals surface area (Å²) in [6.07, 6.45) is 2.17. The van der Waals surface area contributed by atoms with Crippen molar-refractivity contribution in [2.45, 2.75) is 77.7 Å². The van der Waals surface area contributed by atoms with Crippen LogP contribution in [0.15, 0.2) is 47.7 Å². The second kappa shape index (κ2) is 14.2. The van der Waals surface area contributed by atoms with Crippen molar-refractivity contribution >= 4 is 17.5 Å². The third-order valence-corrected chi connectivity index (χ3v) is 12.1. The van der Waals surface area contributed by atoms with Crippen molar-refractivity contribution in [2.75, 3.05) is 52.8 Å². The van der Waals surface area contributed by atoms with Gasteiger partial charge >= 0.3 is 0 Å². The smallest absolute Gasteiger partial charge is 0.251 e. The molecule has 2 saturated heterocycles. The number of nitrogens with zero attached hydrogens (tertiary/aromatic N) is 3. The number of hydroxylamine groups is 2. The fourth-order valence-corrected chi connectivity index (χ4v) is 9.00. The maximum atomic E-state index is 14.2. The summed E-state index contributed by atoms with van der Waals surface area (Å²) in [5.74, 6) is 1.62. The topological polar surface area (TPSA) is 127 Å². The number of hydrogen-bond donors (Lipinski definition) is 4. The molecule has 11 heteroatoms. The van der Waals surface area contributed by atoms with Gasteiger partial charge in [0.15, 0.2) is 0 Å². The van der Waals surface area contributed by atoms with Crippen molar-refractivity contribution in [2.24, 2.45) is 23.2 Å². The molecule has 2 aromatic rings. The van der Waals surface area contributed by atoms with Crippen LogP contribution in [0, 0.1) is 23.2 Å². The molecule has 272 valence electrons. The van der Waals surface area contributed by atoms with Crippen LogP contribution in [0.2, 0.25) is 0 Å². The molecule has 7 rings (SSSR count). The van der Waals surface area contributed by atoms with Crippen LogP contribution >= 0.6 is 0 Å². The minimum absolute atomic E-state index is 0.0253.